The van der Waals surface area contributed by atoms with Crippen molar-refractivity contribution in [2.24, 2.45) is 0 Å². The number of esters is 1. The Labute approximate surface area is 168 Å². The lowest BCUT2D eigenvalue weighted by molar-refractivity contribution is -0.141. The molecule has 0 saturated carbocycles. The van der Waals surface area contributed by atoms with Crippen molar-refractivity contribution >= 4 is 29.0 Å². The molecule has 0 atom stereocenters. The number of urea groups is 1. The molecule has 0 aromatic carbocycles. The summed E-state index contributed by atoms with van der Waals surface area (Å²) in [6, 6.07) is 3.21. The number of ether oxygens (including phenoxy) is 1. The Balaban J connectivity index is 1.61. The number of anilines is 1. The molecule has 0 unspecified atom stereocenters. The number of carbonyl (C=O) groups is 2. The van der Waals surface area contributed by atoms with E-state index >= 15 is 0 Å². The molecule has 0 radical (unpaired) electrons. The number of nitrogens with zero attached hydrogens (tertiary/aromatic N) is 4. The molecule has 3 heterocycles. The van der Waals surface area contributed by atoms with Gasteiger partial charge in [-0.3, -0.25) is 14.2 Å². The third-order valence-corrected chi connectivity index (χ3v) is 4.83. The van der Waals surface area contributed by atoms with E-state index < -0.39 is 12.0 Å². The minimum Gasteiger partial charge on any atom is -0.465 e. The lowest BCUT2D eigenvalue weighted by atomic mass is 10.1. The van der Waals surface area contributed by atoms with Crippen molar-refractivity contribution in [3.63, 3.8) is 0 Å². The number of aromatic nitrogens is 3. The Morgan fingerprint density at radius 2 is 2.03 bits per heavy atom. The molecule has 10 heteroatoms. The van der Waals surface area contributed by atoms with Gasteiger partial charge in [0.2, 0.25) is 0 Å². The van der Waals surface area contributed by atoms with Crippen LogP contribution in [0.5, 0.6) is 0 Å². The van der Waals surface area contributed by atoms with E-state index in [0.717, 1.165) is 0 Å². The molecule has 156 valence electrons. The molecule has 2 N–H and O–H groups in total. The molecule has 1 aliphatic rings. The molecule has 3 rings (SSSR count). The lowest BCUT2D eigenvalue weighted by Gasteiger charge is -2.33. The summed E-state index contributed by atoms with van der Waals surface area (Å²) in [5.74, 6) is -0.0564. The number of fused-ring (bicyclic) bond motifs is 1. The third kappa shape index (κ3) is 4.82. The van der Waals surface area contributed by atoms with Gasteiger partial charge in [0, 0.05) is 31.9 Å². The summed E-state index contributed by atoms with van der Waals surface area (Å²) >= 11 is 0. The van der Waals surface area contributed by atoms with E-state index in [1.165, 1.54) is 0 Å². The smallest absolute Gasteiger partial charge is 0.325 e. The van der Waals surface area contributed by atoms with Gasteiger partial charge in [-0.1, -0.05) is 0 Å². The van der Waals surface area contributed by atoms with E-state index in [1.54, 1.807) is 23.8 Å². The van der Waals surface area contributed by atoms with Gasteiger partial charge in [-0.05, 0) is 38.8 Å². The standard InChI is InChI=1S/C19H26N6O4/c1-3-25-16-14(6-5-9-20-16)23-17(18(25)27)24-10-7-13(8-11-24)22-19(28)21-12-15(26)29-4-2/h5-6,9,13H,3-4,7-8,10-12H2,1-2H3,(H2,21,22,28). The predicted molar refractivity (Wildman–Crippen MR) is 108 cm³/mol. The van der Waals surface area contributed by atoms with Gasteiger partial charge in [0.05, 0.1) is 6.61 Å². The number of amides is 2. The van der Waals surface area contributed by atoms with Crippen LogP contribution in [0.25, 0.3) is 11.2 Å². The Kier molecular flexibility index (Phi) is 6.63. The number of rotatable bonds is 6. The highest BCUT2D eigenvalue weighted by Gasteiger charge is 2.24. The van der Waals surface area contributed by atoms with Crippen LogP contribution in [0, 0.1) is 0 Å². The Morgan fingerprint density at radius 1 is 1.28 bits per heavy atom. The van der Waals surface area contributed by atoms with Gasteiger partial charge < -0.3 is 20.3 Å². The molecule has 2 aromatic rings. The van der Waals surface area contributed by atoms with Gasteiger partial charge >= 0.3 is 12.0 Å². The number of pyridine rings is 1. The Hall–Kier alpha value is -3.17. The molecule has 29 heavy (non-hydrogen) atoms. The highest BCUT2D eigenvalue weighted by molar-refractivity contribution is 5.80. The molecule has 10 nitrogen and oxygen atoms in total. The largest absolute Gasteiger partial charge is 0.465 e. The molecule has 1 saturated heterocycles. The normalized spacial score (nSPS) is 14.6. The van der Waals surface area contributed by atoms with Crippen molar-refractivity contribution in [1.82, 2.24) is 25.2 Å². The van der Waals surface area contributed by atoms with Crippen LogP contribution in [0.1, 0.15) is 26.7 Å². The van der Waals surface area contributed by atoms with Crippen molar-refractivity contribution in [3.8, 4) is 0 Å². The molecule has 0 spiro atoms. The van der Waals surface area contributed by atoms with Gasteiger partial charge in [-0.25, -0.2) is 14.8 Å². The van der Waals surface area contributed by atoms with Gasteiger partial charge in [-0.15, -0.1) is 0 Å². The maximum absolute atomic E-state index is 12.9. The van der Waals surface area contributed by atoms with Crippen LogP contribution in [0.3, 0.4) is 0 Å². The monoisotopic (exact) mass is 402 g/mol. The minimum atomic E-state index is -0.471. The summed E-state index contributed by atoms with van der Waals surface area (Å²) in [6.45, 7) is 5.44. The number of piperidine rings is 1. The maximum atomic E-state index is 12.9. The van der Waals surface area contributed by atoms with Crippen LogP contribution >= 0.6 is 0 Å². The fraction of sp³-hybridized carbons (Fsp3) is 0.526. The topological polar surface area (TPSA) is 118 Å². The van der Waals surface area contributed by atoms with Crippen LogP contribution in [0.2, 0.25) is 0 Å². The van der Waals surface area contributed by atoms with Crippen molar-refractivity contribution in [2.75, 3.05) is 31.1 Å². The zero-order valence-electron chi connectivity index (χ0n) is 16.7. The van der Waals surface area contributed by atoms with Gasteiger partial charge in [0.25, 0.3) is 5.56 Å². The maximum Gasteiger partial charge on any atom is 0.325 e. The number of aryl methyl sites for hydroxylation is 1. The van der Waals surface area contributed by atoms with Crippen LogP contribution < -0.4 is 21.1 Å². The first-order valence-corrected chi connectivity index (χ1v) is 9.84. The number of nitrogens with one attached hydrogen (secondary N) is 2. The second kappa shape index (κ2) is 9.35. The van der Waals surface area contributed by atoms with E-state index in [1.807, 2.05) is 17.9 Å². The van der Waals surface area contributed by atoms with Gasteiger partial charge in [0.15, 0.2) is 11.5 Å². The summed E-state index contributed by atoms with van der Waals surface area (Å²) in [7, 11) is 0. The van der Waals surface area contributed by atoms with E-state index in [4.69, 9.17) is 4.74 Å². The Morgan fingerprint density at radius 3 is 2.72 bits per heavy atom. The highest BCUT2D eigenvalue weighted by Crippen LogP contribution is 2.17. The SMILES string of the molecule is CCOC(=O)CNC(=O)NC1CCN(c2nc3cccnc3n(CC)c2=O)CC1. The zero-order chi connectivity index (χ0) is 20.8. The van der Waals surface area contributed by atoms with E-state index in [2.05, 4.69) is 20.6 Å². The first-order valence-electron chi connectivity index (χ1n) is 9.84. The van der Waals surface area contributed by atoms with Gasteiger partial charge in [0.1, 0.15) is 12.1 Å². The van der Waals surface area contributed by atoms with Crippen LogP contribution in [0.15, 0.2) is 23.1 Å². The fourth-order valence-corrected chi connectivity index (χ4v) is 3.40. The minimum absolute atomic E-state index is 0.0380. The Bertz CT molecular complexity index is 936. The zero-order valence-corrected chi connectivity index (χ0v) is 16.7. The first-order chi connectivity index (χ1) is 14.0. The second-order valence-electron chi connectivity index (χ2n) is 6.72. The number of hydrogen-bond acceptors (Lipinski definition) is 7. The van der Waals surface area contributed by atoms with Crippen LogP contribution in [-0.4, -0.2) is 58.8 Å². The summed E-state index contributed by atoms with van der Waals surface area (Å²) < 4.78 is 6.40. The number of carbonyl (C=O) groups excluding carboxylic acids is 2. The average Bonchev–Trinajstić information content (AvgIpc) is 2.73. The summed E-state index contributed by atoms with van der Waals surface area (Å²) in [6.07, 6.45) is 3.00. The van der Waals surface area contributed by atoms with E-state index in [-0.39, 0.29) is 24.8 Å². The predicted octanol–water partition coefficient (Wildman–Crippen LogP) is 0.643. The second-order valence-corrected chi connectivity index (χ2v) is 6.72. The van der Waals surface area contributed by atoms with Gasteiger partial charge in [-0.2, -0.15) is 0 Å². The van der Waals surface area contributed by atoms with E-state index in [9.17, 15) is 14.4 Å². The van der Waals surface area contributed by atoms with Crippen molar-refractivity contribution in [3.05, 3.63) is 28.7 Å². The fourth-order valence-electron chi connectivity index (χ4n) is 3.40. The summed E-state index contributed by atoms with van der Waals surface area (Å²) in [4.78, 5) is 46.9. The molecule has 2 amide bonds. The molecular formula is C19H26N6O4. The van der Waals surface area contributed by atoms with Crippen molar-refractivity contribution in [2.45, 2.75) is 39.3 Å². The molecule has 0 aliphatic carbocycles. The molecule has 1 aliphatic heterocycles. The van der Waals surface area contributed by atoms with Crippen LogP contribution in [-0.2, 0) is 16.1 Å². The van der Waals surface area contributed by atoms with E-state index in [0.29, 0.717) is 49.5 Å². The van der Waals surface area contributed by atoms with Crippen LogP contribution in [0.4, 0.5) is 10.6 Å². The van der Waals surface area contributed by atoms with Crippen molar-refractivity contribution in [1.29, 1.82) is 0 Å². The first kappa shape index (κ1) is 20.6. The molecule has 0 bridgehead atoms. The summed E-state index contributed by atoms with van der Waals surface area (Å²) in [5.41, 5.74) is 1.11. The molecule has 1 fully saturated rings. The lowest BCUT2D eigenvalue weighted by Crippen LogP contribution is -2.49. The molecular weight excluding hydrogens is 376 g/mol. The van der Waals surface area contributed by atoms with Crippen molar-refractivity contribution < 1.29 is 14.3 Å². The third-order valence-electron chi connectivity index (χ3n) is 4.83. The quantitative estimate of drug-likeness (QED) is 0.681. The molecule has 2 aromatic heterocycles. The summed E-state index contributed by atoms with van der Waals surface area (Å²) in [5, 5.41) is 5.35. The average molecular weight is 402 g/mol. The highest BCUT2D eigenvalue weighted by atomic mass is 16.5. The number of hydrogen-bond donors (Lipinski definition) is 2.